The molecule has 0 fully saturated rings. The van der Waals surface area contributed by atoms with Crippen molar-refractivity contribution in [1.29, 1.82) is 0 Å². The highest BCUT2D eigenvalue weighted by atomic mass is 16.5. The fourth-order valence-corrected chi connectivity index (χ4v) is 3.27. The van der Waals surface area contributed by atoms with Gasteiger partial charge < -0.3 is 9.84 Å². The van der Waals surface area contributed by atoms with Crippen LogP contribution in [0.1, 0.15) is 61.3 Å². The first-order valence-corrected chi connectivity index (χ1v) is 9.19. The minimum Gasteiger partial charge on any atom is -0.506 e. The van der Waals surface area contributed by atoms with Gasteiger partial charge in [0.15, 0.2) is 11.6 Å². The first-order chi connectivity index (χ1) is 11.9. The van der Waals surface area contributed by atoms with Gasteiger partial charge in [0, 0.05) is 5.92 Å². The third kappa shape index (κ3) is 3.55. The average molecular weight is 358 g/mol. The van der Waals surface area contributed by atoms with Crippen LogP contribution in [0.15, 0.2) is 46.5 Å². The Morgan fingerprint density at radius 3 is 2.42 bits per heavy atom. The lowest BCUT2D eigenvalue weighted by Crippen LogP contribution is -2.42. The van der Waals surface area contributed by atoms with Gasteiger partial charge in [-0.15, -0.1) is 0 Å². The smallest absolute Gasteiger partial charge is 0.183 e. The Morgan fingerprint density at radius 2 is 1.88 bits per heavy atom. The molecule has 1 N–H and O–H groups in total. The molecule has 4 heteroatoms. The maximum absolute atomic E-state index is 13.0. The lowest BCUT2D eigenvalue weighted by Gasteiger charge is -2.41. The van der Waals surface area contributed by atoms with Crippen LogP contribution in [-0.4, -0.2) is 22.3 Å². The molecule has 0 aromatic carbocycles. The normalized spacial score (nSPS) is 24.5. The first kappa shape index (κ1) is 20.2. The molecule has 26 heavy (non-hydrogen) atoms. The van der Waals surface area contributed by atoms with Gasteiger partial charge in [-0.25, -0.2) is 0 Å². The summed E-state index contributed by atoms with van der Waals surface area (Å²) in [4.78, 5) is 25.5. The van der Waals surface area contributed by atoms with E-state index in [1.165, 1.54) is 5.57 Å². The summed E-state index contributed by atoms with van der Waals surface area (Å²) >= 11 is 0. The van der Waals surface area contributed by atoms with E-state index in [2.05, 4.69) is 19.9 Å². The van der Waals surface area contributed by atoms with E-state index in [9.17, 15) is 14.7 Å². The number of allylic oxidation sites excluding steroid dienone is 5. The lowest BCUT2D eigenvalue weighted by atomic mass is 9.72. The number of rotatable bonds is 5. The van der Waals surface area contributed by atoms with Crippen molar-refractivity contribution in [3.8, 4) is 0 Å². The molecule has 0 radical (unpaired) electrons. The summed E-state index contributed by atoms with van der Waals surface area (Å²) in [6.45, 7) is 13.0. The number of carbonyl (C=O) groups excluding carboxylic acids is 2. The van der Waals surface area contributed by atoms with Gasteiger partial charge in [-0.2, -0.15) is 0 Å². The van der Waals surface area contributed by atoms with Crippen LogP contribution in [0.2, 0.25) is 0 Å². The third-order valence-corrected chi connectivity index (χ3v) is 5.00. The second-order valence-electron chi connectivity index (χ2n) is 8.51. The Balaban J connectivity index is 2.45. The van der Waals surface area contributed by atoms with E-state index < -0.39 is 11.0 Å². The van der Waals surface area contributed by atoms with Crippen molar-refractivity contribution in [3.05, 3.63) is 46.5 Å². The summed E-state index contributed by atoms with van der Waals surface area (Å²) in [5.41, 5.74) is 0.0360. The molecule has 2 rings (SSSR count). The number of hydrogen-bond acceptors (Lipinski definition) is 4. The number of aliphatic hydroxyl groups is 1. The number of ether oxygens (including phenoxy) is 1. The molecule has 0 unspecified atom stereocenters. The molecule has 2 aliphatic rings. The fourth-order valence-electron chi connectivity index (χ4n) is 3.27. The molecular formula is C22H30O4. The molecule has 1 atom stereocenters. The van der Waals surface area contributed by atoms with Crippen molar-refractivity contribution in [1.82, 2.24) is 0 Å². The predicted octanol–water partition coefficient (Wildman–Crippen LogP) is 4.98. The van der Waals surface area contributed by atoms with Gasteiger partial charge in [0.25, 0.3) is 0 Å². The van der Waals surface area contributed by atoms with Crippen LogP contribution in [0.3, 0.4) is 0 Å². The molecular weight excluding hydrogens is 328 g/mol. The number of aliphatic hydroxyl groups excluding tert-OH is 1. The molecule has 0 aromatic heterocycles. The van der Waals surface area contributed by atoms with Crippen LogP contribution in [0, 0.1) is 11.3 Å². The SMILES string of the molecule is CC(C)=CCC[C@]1(C)C=CC2=C(O1)C(C)(C)C(=O)C(C(=O)C(C)C)=C2O. The van der Waals surface area contributed by atoms with Crippen LogP contribution in [0.4, 0.5) is 0 Å². The largest absolute Gasteiger partial charge is 0.506 e. The highest BCUT2D eigenvalue weighted by molar-refractivity contribution is 6.24. The van der Waals surface area contributed by atoms with E-state index in [1.54, 1.807) is 33.8 Å². The van der Waals surface area contributed by atoms with Crippen LogP contribution in [0.25, 0.3) is 0 Å². The zero-order valence-corrected chi connectivity index (χ0v) is 16.9. The highest BCUT2D eigenvalue weighted by Gasteiger charge is 2.48. The van der Waals surface area contributed by atoms with Crippen molar-refractivity contribution in [2.24, 2.45) is 11.3 Å². The van der Waals surface area contributed by atoms with Gasteiger partial charge >= 0.3 is 0 Å². The lowest BCUT2D eigenvalue weighted by molar-refractivity contribution is -0.129. The molecule has 0 amide bonds. The zero-order valence-electron chi connectivity index (χ0n) is 16.9. The molecule has 0 saturated carbocycles. The molecule has 1 heterocycles. The minimum absolute atomic E-state index is 0.106. The molecule has 0 spiro atoms. The van der Waals surface area contributed by atoms with Crippen LogP contribution >= 0.6 is 0 Å². The highest BCUT2D eigenvalue weighted by Crippen LogP contribution is 2.46. The van der Waals surface area contributed by atoms with Crippen molar-refractivity contribution in [2.75, 3.05) is 0 Å². The molecule has 0 bridgehead atoms. The van der Waals surface area contributed by atoms with Crippen LogP contribution in [0.5, 0.6) is 0 Å². The van der Waals surface area contributed by atoms with Gasteiger partial charge in [0.1, 0.15) is 22.7 Å². The topological polar surface area (TPSA) is 63.6 Å². The number of ketones is 2. The summed E-state index contributed by atoms with van der Waals surface area (Å²) in [5.74, 6) is -0.892. The zero-order chi connectivity index (χ0) is 19.9. The van der Waals surface area contributed by atoms with E-state index in [1.807, 2.05) is 13.0 Å². The fraction of sp³-hybridized carbons (Fsp3) is 0.545. The van der Waals surface area contributed by atoms with Gasteiger partial charge in [-0.3, -0.25) is 9.59 Å². The summed E-state index contributed by atoms with van der Waals surface area (Å²) in [6.07, 6.45) is 7.47. The Kier molecular flexibility index (Phi) is 5.36. The van der Waals surface area contributed by atoms with E-state index >= 15 is 0 Å². The Morgan fingerprint density at radius 1 is 1.27 bits per heavy atom. The van der Waals surface area contributed by atoms with Crippen molar-refractivity contribution in [2.45, 2.75) is 66.9 Å². The van der Waals surface area contributed by atoms with E-state index in [4.69, 9.17) is 4.74 Å². The maximum atomic E-state index is 13.0. The van der Waals surface area contributed by atoms with Gasteiger partial charge in [-0.05, 0) is 59.6 Å². The second kappa shape index (κ2) is 6.90. The molecule has 142 valence electrons. The van der Waals surface area contributed by atoms with E-state index in [0.29, 0.717) is 11.3 Å². The van der Waals surface area contributed by atoms with Gasteiger partial charge in [0.2, 0.25) is 0 Å². The minimum atomic E-state index is -0.996. The quantitative estimate of drug-likeness (QED) is 0.556. The van der Waals surface area contributed by atoms with Crippen LogP contribution in [-0.2, 0) is 14.3 Å². The van der Waals surface area contributed by atoms with Gasteiger partial charge in [0.05, 0.1) is 11.0 Å². The Labute approximate surface area is 156 Å². The summed E-state index contributed by atoms with van der Waals surface area (Å²) in [5, 5.41) is 10.6. The predicted molar refractivity (Wildman–Crippen MR) is 103 cm³/mol. The number of carbonyl (C=O) groups is 2. The summed E-state index contributed by atoms with van der Waals surface area (Å²) in [6, 6.07) is 0. The number of Topliss-reactive ketones (excluding diaryl/α,β-unsaturated/α-hetero) is 2. The first-order valence-electron chi connectivity index (χ1n) is 9.19. The number of hydrogen-bond donors (Lipinski definition) is 1. The molecule has 4 nitrogen and oxygen atoms in total. The standard InChI is InChI=1S/C22H30O4/c1-13(2)9-8-11-22(7)12-10-15-18(24)16(17(23)14(3)4)19(25)21(5,6)20(15)26-22/h9-10,12,14,24H,8,11H2,1-7H3/t22-/m1/s1. The maximum Gasteiger partial charge on any atom is 0.183 e. The Hall–Kier alpha value is -2.10. The van der Waals surface area contributed by atoms with Gasteiger partial charge in [-0.1, -0.05) is 25.5 Å². The molecule has 1 aliphatic carbocycles. The van der Waals surface area contributed by atoms with Crippen molar-refractivity contribution >= 4 is 11.6 Å². The summed E-state index contributed by atoms with van der Waals surface area (Å²) < 4.78 is 6.24. The monoisotopic (exact) mass is 358 g/mol. The summed E-state index contributed by atoms with van der Waals surface area (Å²) in [7, 11) is 0. The molecule has 0 aromatic rings. The van der Waals surface area contributed by atoms with Crippen LogP contribution < -0.4 is 0 Å². The average Bonchev–Trinajstić information content (AvgIpc) is 2.52. The Bertz CT molecular complexity index is 755. The third-order valence-electron chi connectivity index (χ3n) is 5.00. The van der Waals surface area contributed by atoms with Crippen molar-refractivity contribution in [3.63, 3.8) is 0 Å². The van der Waals surface area contributed by atoms with E-state index in [-0.39, 0.29) is 28.8 Å². The molecule has 1 aliphatic heterocycles. The van der Waals surface area contributed by atoms with E-state index in [0.717, 1.165) is 12.8 Å². The second-order valence-corrected chi connectivity index (χ2v) is 8.51. The molecule has 0 saturated heterocycles. The van der Waals surface area contributed by atoms with Crippen molar-refractivity contribution < 1.29 is 19.4 Å².